The summed E-state index contributed by atoms with van der Waals surface area (Å²) in [6.07, 6.45) is 6.39. The third-order valence-corrected chi connectivity index (χ3v) is 7.54. The highest BCUT2D eigenvalue weighted by atomic mass is 127. The first kappa shape index (κ1) is 16.5. The minimum Gasteiger partial charge on any atom is -0.276 e. The predicted molar refractivity (Wildman–Crippen MR) is 108 cm³/mol. The summed E-state index contributed by atoms with van der Waals surface area (Å²) in [5.74, 6) is 2.09. The van der Waals surface area contributed by atoms with Crippen molar-refractivity contribution >= 4 is 51.2 Å². The molecule has 1 aliphatic heterocycles. The number of rotatable bonds is 1. The van der Waals surface area contributed by atoms with Gasteiger partial charge in [0, 0.05) is 5.56 Å². The molecule has 0 saturated carbocycles. The first-order valence-electron chi connectivity index (χ1n) is 7.76. The highest BCUT2D eigenvalue weighted by Crippen LogP contribution is 2.38. The highest BCUT2D eigenvalue weighted by Gasteiger charge is 2.28. The van der Waals surface area contributed by atoms with Crippen LogP contribution in [0.4, 0.5) is 0 Å². The van der Waals surface area contributed by atoms with Gasteiger partial charge in [0.25, 0.3) is 0 Å². The lowest BCUT2D eigenvalue weighted by molar-refractivity contribution is 0.741. The molecule has 1 aliphatic carbocycles. The van der Waals surface area contributed by atoms with Crippen molar-refractivity contribution in [2.75, 3.05) is 0 Å². The second kappa shape index (κ2) is 6.07. The predicted octanol–water partition coefficient (Wildman–Crippen LogP) is 4.59. The Labute approximate surface area is 163 Å². The lowest BCUT2D eigenvalue weighted by Gasteiger charge is -2.19. The van der Waals surface area contributed by atoms with E-state index in [0.717, 1.165) is 22.9 Å². The third kappa shape index (κ3) is 2.50. The molecule has 2 aromatic rings. The topological polar surface area (TPSA) is 43.1 Å². The van der Waals surface area contributed by atoms with E-state index in [1.54, 1.807) is 11.3 Å². The maximum absolute atomic E-state index is 6.32. The van der Waals surface area contributed by atoms with Crippen LogP contribution in [-0.2, 0) is 6.54 Å². The van der Waals surface area contributed by atoms with Crippen LogP contribution >= 0.6 is 45.5 Å². The molecule has 4 nitrogen and oxygen atoms in total. The van der Waals surface area contributed by atoms with Gasteiger partial charge in [-0.25, -0.2) is 0 Å². The second-order valence-corrected chi connectivity index (χ2v) is 9.44. The molecule has 3 heterocycles. The van der Waals surface area contributed by atoms with E-state index in [1.807, 2.05) is 6.92 Å². The molecular weight excluding hydrogens is 455 g/mol. The van der Waals surface area contributed by atoms with Crippen molar-refractivity contribution in [1.29, 1.82) is 0 Å². The van der Waals surface area contributed by atoms with Crippen LogP contribution in [0.3, 0.4) is 0 Å². The third-order valence-electron chi connectivity index (χ3n) is 4.46. The van der Waals surface area contributed by atoms with E-state index in [4.69, 9.17) is 16.6 Å². The summed E-state index contributed by atoms with van der Waals surface area (Å²) >= 11 is 10.5. The number of thiophene rings is 1. The Morgan fingerprint density at radius 1 is 1.33 bits per heavy atom. The number of aromatic nitrogens is 3. The van der Waals surface area contributed by atoms with Gasteiger partial charge in [-0.1, -0.05) is 25.2 Å². The molecule has 2 atom stereocenters. The molecule has 2 unspecified atom stereocenters. The van der Waals surface area contributed by atoms with E-state index in [9.17, 15) is 0 Å². The Balaban J connectivity index is 1.94. The number of nitrogens with zero attached hydrogens (tertiary/aromatic N) is 4. The second-order valence-electron chi connectivity index (χ2n) is 6.13. The summed E-state index contributed by atoms with van der Waals surface area (Å²) in [6, 6.07) is 0. The normalized spacial score (nSPS) is 22.5. The Bertz CT molecular complexity index is 921. The lowest BCUT2D eigenvalue weighted by Crippen LogP contribution is -2.15. The van der Waals surface area contributed by atoms with Crippen LogP contribution < -0.4 is 0 Å². The minimum absolute atomic E-state index is 0.0465. The van der Waals surface area contributed by atoms with E-state index in [2.05, 4.69) is 69.4 Å². The Kier molecular flexibility index (Phi) is 4.17. The van der Waals surface area contributed by atoms with Crippen molar-refractivity contribution in [3.8, 4) is 5.00 Å². The molecule has 4 rings (SSSR count). The highest BCUT2D eigenvalue weighted by molar-refractivity contribution is 14.1. The number of allylic oxidation sites excluding steroid dienone is 4. The van der Waals surface area contributed by atoms with E-state index in [1.165, 1.54) is 19.0 Å². The SMILES string of the molecule is Cc1c(I)sc2c1C(C1=CC(C)C(Cl)C=C1)=NCc1nnc(C)n1-2. The molecular formula is C17H16ClIN4S. The fourth-order valence-electron chi connectivity index (χ4n) is 3.10. The number of halogens is 2. The Morgan fingerprint density at radius 3 is 2.88 bits per heavy atom. The van der Waals surface area contributed by atoms with E-state index in [-0.39, 0.29) is 5.38 Å². The zero-order chi connectivity index (χ0) is 17.0. The minimum atomic E-state index is 0.0465. The van der Waals surface area contributed by atoms with Crippen molar-refractivity contribution in [2.45, 2.75) is 32.7 Å². The molecule has 0 fully saturated rings. The summed E-state index contributed by atoms with van der Waals surface area (Å²) < 4.78 is 3.42. The number of aryl methyl sites for hydroxylation is 1. The number of aliphatic imine (C=N–C) groups is 1. The standard InChI is InChI=1S/C17H16ClIN4S/c1-8-6-11(4-5-12(8)18)15-14-9(2)16(19)24-17(14)23-10(3)21-22-13(23)7-20-15/h4-6,8,12H,7H2,1-3H3. The number of fused-ring (bicyclic) bond motifs is 3. The van der Waals surface area contributed by atoms with Crippen LogP contribution in [0, 0.1) is 22.6 Å². The van der Waals surface area contributed by atoms with Gasteiger partial charge in [0.15, 0.2) is 5.82 Å². The molecule has 0 saturated heterocycles. The van der Waals surface area contributed by atoms with Crippen LogP contribution in [0.1, 0.15) is 29.7 Å². The molecule has 0 aromatic carbocycles. The maximum atomic E-state index is 6.32. The zero-order valence-corrected chi connectivity index (χ0v) is 17.3. The molecule has 2 aliphatic rings. The van der Waals surface area contributed by atoms with Crippen molar-refractivity contribution in [2.24, 2.45) is 10.9 Å². The molecule has 7 heteroatoms. The monoisotopic (exact) mass is 470 g/mol. The molecule has 24 heavy (non-hydrogen) atoms. The molecule has 2 aromatic heterocycles. The number of hydrogen-bond donors (Lipinski definition) is 0. The van der Waals surface area contributed by atoms with Crippen LogP contribution in [-0.4, -0.2) is 25.9 Å². The van der Waals surface area contributed by atoms with E-state index in [0.29, 0.717) is 12.5 Å². The van der Waals surface area contributed by atoms with Gasteiger partial charge in [-0.15, -0.1) is 33.1 Å². The molecule has 0 amide bonds. The molecule has 0 radical (unpaired) electrons. The summed E-state index contributed by atoms with van der Waals surface area (Å²) in [4.78, 5) is 4.91. The van der Waals surface area contributed by atoms with Gasteiger partial charge in [0.2, 0.25) is 0 Å². The fraction of sp³-hybridized carbons (Fsp3) is 0.353. The van der Waals surface area contributed by atoms with Gasteiger partial charge < -0.3 is 0 Å². The van der Waals surface area contributed by atoms with E-state index >= 15 is 0 Å². The average Bonchev–Trinajstić information content (AvgIpc) is 2.99. The smallest absolute Gasteiger partial charge is 0.160 e. The van der Waals surface area contributed by atoms with Crippen molar-refractivity contribution in [1.82, 2.24) is 14.8 Å². The maximum Gasteiger partial charge on any atom is 0.160 e. The molecule has 0 spiro atoms. The van der Waals surface area contributed by atoms with Crippen LogP contribution in [0.5, 0.6) is 0 Å². The summed E-state index contributed by atoms with van der Waals surface area (Å²) in [5.41, 5.74) is 4.65. The summed E-state index contributed by atoms with van der Waals surface area (Å²) in [7, 11) is 0. The number of hydrogen-bond acceptors (Lipinski definition) is 4. The van der Waals surface area contributed by atoms with Gasteiger partial charge in [0.1, 0.15) is 17.4 Å². The van der Waals surface area contributed by atoms with Gasteiger partial charge in [0.05, 0.1) is 14.0 Å². The van der Waals surface area contributed by atoms with Crippen molar-refractivity contribution in [3.05, 3.63) is 49.5 Å². The van der Waals surface area contributed by atoms with Crippen LogP contribution in [0.15, 0.2) is 28.8 Å². The van der Waals surface area contributed by atoms with Gasteiger partial charge in [-0.2, -0.15) is 0 Å². The fourth-order valence-corrected chi connectivity index (χ4v) is 5.25. The average molecular weight is 471 g/mol. The van der Waals surface area contributed by atoms with Crippen molar-refractivity contribution < 1.29 is 0 Å². The quantitative estimate of drug-likeness (QED) is 0.452. The van der Waals surface area contributed by atoms with Crippen molar-refractivity contribution in [3.63, 3.8) is 0 Å². The largest absolute Gasteiger partial charge is 0.276 e. The van der Waals surface area contributed by atoms with Gasteiger partial charge in [-0.05, 0) is 53.5 Å². The summed E-state index contributed by atoms with van der Waals surface area (Å²) in [5, 5.41) is 9.77. The first-order valence-corrected chi connectivity index (χ1v) is 10.1. The first-order chi connectivity index (χ1) is 11.5. The van der Waals surface area contributed by atoms with Gasteiger partial charge in [-0.3, -0.25) is 9.56 Å². The van der Waals surface area contributed by atoms with E-state index < -0.39 is 0 Å². The number of alkyl halides is 1. The van der Waals surface area contributed by atoms with Crippen LogP contribution in [0.2, 0.25) is 0 Å². The summed E-state index contributed by atoms with van der Waals surface area (Å²) in [6.45, 7) is 6.84. The molecule has 0 N–H and O–H groups in total. The zero-order valence-electron chi connectivity index (χ0n) is 13.5. The Hall–Kier alpha value is -0.990. The van der Waals surface area contributed by atoms with Gasteiger partial charge >= 0.3 is 0 Å². The molecule has 124 valence electrons. The Morgan fingerprint density at radius 2 is 2.12 bits per heavy atom. The molecule has 0 bridgehead atoms. The van der Waals surface area contributed by atoms with Crippen LogP contribution in [0.25, 0.3) is 5.00 Å². The lowest BCUT2D eigenvalue weighted by atomic mass is 9.91.